The van der Waals surface area contributed by atoms with Crippen LogP contribution >= 0.6 is 0 Å². The van der Waals surface area contributed by atoms with E-state index in [9.17, 15) is 0 Å². The second-order valence-electron chi connectivity index (χ2n) is 4.51. The molecule has 2 aromatic rings. The molecule has 0 atom stereocenters. The Balaban J connectivity index is 2.20. The topological polar surface area (TPSA) is 53.7 Å². The Morgan fingerprint density at radius 3 is 2.30 bits per heavy atom. The second kappa shape index (κ2) is 6.19. The lowest BCUT2D eigenvalue weighted by atomic mass is 10.1. The lowest BCUT2D eigenvalue weighted by molar-refractivity contribution is 0.278. The Bertz CT molecular complexity index is 543. The van der Waals surface area contributed by atoms with Gasteiger partial charge in [0.05, 0.1) is 14.2 Å². The Kier molecular flexibility index (Phi) is 4.35. The number of benzene rings is 2. The first-order valence-electron chi connectivity index (χ1n) is 6.34. The van der Waals surface area contributed by atoms with E-state index in [1.807, 2.05) is 25.1 Å². The van der Waals surface area contributed by atoms with Gasteiger partial charge in [0.15, 0.2) is 11.5 Å². The molecule has 0 saturated heterocycles. The van der Waals surface area contributed by atoms with E-state index < -0.39 is 0 Å². The fourth-order valence-corrected chi connectivity index (χ4v) is 1.98. The van der Waals surface area contributed by atoms with Crippen LogP contribution in [-0.4, -0.2) is 14.2 Å². The second-order valence-corrected chi connectivity index (χ2v) is 4.51. The molecule has 0 aromatic heterocycles. The van der Waals surface area contributed by atoms with E-state index in [-0.39, 0.29) is 0 Å². The van der Waals surface area contributed by atoms with Gasteiger partial charge in [0.25, 0.3) is 0 Å². The van der Waals surface area contributed by atoms with Gasteiger partial charge in [0.1, 0.15) is 12.4 Å². The average molecular weight is 273 g/mol. The molecule has 0 fully saturated rings. The highest BCUT2D eigenvalue weighted by Gasteiger charge is 2.08. The van der Waals surface area contributed by atoms with Crippen molar-refractivity contribution in [2.45, 2.75) is 13.5 Å². The number of rotatable bonds is 5. The molecule has 2 rings (SSSR count). The molecule has 0 heterocycles. The van der Waals surface area contributed by atoms with E-state index in [0.717, 1.165) is 16.9 Å². The van der Waals surface area contributed by atoms with Gasteiger partial charge >= 0.3 is 0 Å². The van der Waals surface area contributed by atoms with E-state index in [4.69, 9.17) is 19.9 Å². The monoisotopic (exact) mass is 273 g/mol. The van der Waals surface area contributed by atoms with Gasteiger partial charge in [-0.25, -0.2) is 0 Å². The maximum absolute atomic E-state index is 5.81. The van der Waals surface area contributed by atoms with E-state index >= 15 is 0 Å². The predicted octanol–water partition coefficient (Wildman–Crippen LogP) is 3.17. The van der Waals surface area contributed by atoms with E-state index in [2.05, 4.69) is 0 Å². The standard InChI is InChI=1S/C16H19NO3/c1-11-4-6-14(18-2)12(8-11)10-20-16-9-13(17)5-7-15(16)19-3/h4-9H,10,17H2,1-3H3. The summed E-state index contributed by atoms with van der Waals surface area (Å²) in [5.41, 5.74) is 8.55. The molecular formula is C16H19NO3. The number of hydrogen-bond acceptors (Lipinski definition) is 4. The van der Waals surface area contributed by atoms with Crippen LogP contribution in [0.2, 0.25) is 0 Å². The average Bonchev–Trinajstić information content (AvgIpc) is 2.45. The largest absolute Gasteiger partial charge is 0.496 e. The summed E-state index contributed by atoms with van der Waals surface area (Å²) >= 11 is 0. The smallest absolute Gasteiger partial charge is 0.163 e. The summed E-state index contributed by atoms with van der Waals surface area (Å²) in [4.78, 5) is 0. The van der Waals surface area contributed by atoms with E-state index in [0.29, 0.717) is 23.8 Å². The summed E-state index contributed by atoms with van der Waals surface area (Å²) in [6, 6.07) is 11.3. The van der Waals surface area contributed by atoms with Crippen molar-refractivity contribution >= 4 is 5.69 Å². The van der Waals surface area contributed by atoms with Gasteiger partial charge in [0.2, 0.25) is 0 Å². The van der Waals surface area contributed by atoms with Crippen molar-refractivity contribution < 1.29 is 14.2 Å². The van der Waals surface area contributed by atoms with Gasteiger partial charge in [-0.15, -0.1) is 0 Å². The maximum atomic E-state index is 5.81. The quantitative estimate of drug-likeness (QED) is 0.850. The van der Waals surface area contributed by atoms with E-state index in [1.165, 1.54) is 0 Å². The van der Waals surface area contributed by atoms with Crippen LogP contribution < -0.4 is 19.9 Å². The molecule has 0 bridgehead atoms. The Morgan fingerprint density at radius 1 is 0.900 bits per heavy atom. The number of hydrogen-bond donors (Lipinski definition) is 1. The van der Waals surface area contributed by atoms with Crippen molar-refractivity contribution in [3.05, 3.63) is 47.5 Å². The minimum atomic E-state index is 0.394. The Hall–Kier alpha value is -2.36. The van der Waals surface area contributed by atoms with Crippen molar-refractivity contribution in [1.82, 2.24) is 0 Å². The number of nitrogen functional groups attached to an aromatic ring is 1. The first kappa shape index (κ1) is 14.1. The third-order valence-corrected chi connectivity index (χ3v) is 3.01. The highest BCUT2D eigenvalue weighted by Crippen LogP contribution is 2.30. The van der Waals surface area contributed by atoms with Crippen LogP contribution in [-0.2, 0) is 6.61 Å². The summed E-state index contributed by atoms with van der Waals surface area (Å²) < 4.78 is 16.4. The van der Waals surface area contributed by atoms with Crippen LogP contribution in [0.25, 0.3) is 0 Å². The minimum absolute atomic E-state index is 0.394. The Labute approximate surface area is 119 Å². The zero-order valence-electron chi connectivity index (χ0n) is 12.0. The minimum Gasteiger partial charge on any atom is -0.496 e. The lowest BCUT2D eigenvalue weighted by Crippen LogP contribution is -2.01. The van der Waals surface area contributed by atoms with Crippen LogP contribution in [0.5, 0.6) is 17.2 Å². The first-order valence-corrected chi connectivity index (χ1v) is 6.34. The number of anilines is 1. The van der Waals surface area contributed by atoms with Crippen molar-refractivity contribution in [3.63, 3.8) is 0 Å². The number of nitrogens with two attached hydrogens (primary N) is 1. The Morgan fingerprint density at radius 2 is 1.60 bits per heavy atom. The van der Waals surface area contributed by atoms with Crippen molar-refractivity contribution in [3.8, 4) is 17.2 Å². The summed E-state index contributed by atoms with van der Waals surface area (Å²) in [5, 5.41) is 0. The van der Waals surface area contributed by atoms with Crippen molar-refractivity contribution in [1.29, 1.82) is 0 Å². The summed E-state index contributed by atoms with van der Waals surface area (Å²) in [6.07, 6.45) is 0. The van der Waals surface area contributed by atoms with Crippen molar-refractivity contribution in [2.75, 3.05) is 20.0 Å². The van der Waals surface area contributed by atoms with Gasteiger partial charge in [-0.1, -0.05) is 11.6 Å². The summed E-state index contributed by atoms with van der Waals surface area (Å²) in [6.45, 7) is 2.43. The number of ether oxygens (including phenoxy) is 3. The SMILES string of the molecule is COc1ccc(C)cc1COc1cc(N)ccc1OC. The third-order valence-electron chi connectivity index (χ3n) is 3.01. The fourth-order valence-electron chi connectivity index (χ4n) is 1.98. The third kappa shape index (κ3) is 3.15. The molecular weight excluding hydrogens is 254 g/mol. The molecule has 2 N–H and O–H groups in total. The molecule has 0 spiro atoms. The number of aryl methyl sites for hydroxylation is 1. The zero-order chi connectivity index (χ0) is 14.5. The molecule has 20 heavy (non-hydrogen) atoms. The fraction of sp³-hybridized carbons (Fsp3) is 0.250. The highest BCUT2D eigenvalue weighted by molar-refractivity contribution is 5.52. The van der Waals surface area contributed by atoms with Crippen LogP contribution in [0.3, 0.4) is 0 Å². The summed E-state index contributed by atoms with van der Waals surface area (Å²) in [5.74, 6) is 2.08. The first-order chi connectivity index (χ1) is 9.63. The zero-order valence-corrected chi connectivity index (χ0v) is 12.0. The van der Waals surface area contributed by atoms with Crippen LogP contribution in [0, 0.1) is 6.92 Å². The molecule has 4 heteroatoms. The molecule has 0 unspecified atom stereocenters. The van der Waals surface area contributed by atoms with E-state index in [1.54, 1.807) is 32.4 Å². The lowest BCUT2D eigenvalue weighted by Gasteiger charge is -2.13. The molecule has 0 radical (unpaired) electrons. The van der Waals surface area contributed by atoms with Crippen molar-refractivity contribution in [2.24, 2.45) is 0 Å². The molecule has 0 amide bonds. The summed E-state index contributed by atoms with van der Waals surface area (Å²) in [7, 11) is 3.25. The molecule has 4 nitrogen and oxygen atoms in total. The van der Waals surface area contributed by atoms with Crippen LogP contribution in [0.15, 0.2) is 36.4 Å². The van der Waals surface area contributed by atoms with Gasteiger partial charge < -0.3 is 19.9 Å². The highest BCUT2D eigenvalue weighted by atomic mass is 16.5. The molecule has 0 saturated carbocycles. The molecule has 0 aliphatic rings. The number of methoxy groups -OCH3 is 2. The van der Waals surface area contributed by atoms with Gasteiger partial charge in [-0.05, 0) is 31.2 Å². The van der Waals surface area contributed by atoms with Crippen LogP contribution in [0.4, 0.5) is 5.69 Å². The molecule has 106 valence electrons. The molecule has 0 aliphatic carbocycles. The molecule has 0 aliphatic heterocycles. The van der Waals surface area contributed by atoms with Crippen LogP contribution in [0.1, 0.15) is 11.1 Å². The van der Waals surface area contributed by atoms with Gasteiger partial charge in [-0.3, -0.25) is 0 Å². The van der Waals surface area contributed by atoms with Gasteiger partial charge in [0, 0.05) is 17.3 Å². The predicted molar refractivity (Wildman–Crippen MR) is 79.5 cm³/mol. The van der Waals surface area contributed by atoms with Gasteiger partial charge in [-0.2, -0.15) is 0 Å². The normalized spacial score (nSPS) is 10.2. The maximum Gasteiger partial charge on any atom is 0.163 e. The molecule has 2 aromatic carbocycles.